The molecule has 29 heavy (non-hydrogen) atoms. The van der Waals surface area contributed by atoms with Crippen LogP contribution in [0.5, 0.6) is 0 Å². The fraction of sp³-hybridized carbons (Fsp3) is 0.0909. The number of anilines is 1. The van der Waals surface area contributed by atoms with Gasteiger partial charge in [0.2, 0.25) is 5.91 Å². The summed E-state index contributed by atoms with van der Waals surface area (Å²) in [5.74, 6) is -2.60. The molecule has 0 bridgehead atoms. The molecule has 0 spiro atoms. The summed E-state index contributed by atoms with van der Waals surface area (Å²) in [4.78, 5) is 25.1. The van der Waals surface area contributed by atoms with E-state index in [0.717, 1.165) is 12.1 Å². The summed E-state index contributed by atoms with van der Waals surface area (Å²) in [6, 6.07) is 17.7. The predicted octanol–water partition coefficient (Wildman–Crippen LogP) is 5.12. The van der Waals surface area contributed by atoms with Crippen LogP contribution in [-0.4, -0.2) is 11.8 Å². The lowest BCUT2D eigenvalue weighted by molar-refractivity contribution is -0.116. The van der Waals surface area contributed by atoms with Gasteiger partial charge >= 0.3 is 0 Å². The Hall–Kier alpha value is -3.25. The highest BCUT2D eigenvalue weighted by atomic mass is 35.5. The maximum atomic E-state index is 13.8. The molecule has 2 amide bonds. The van der Waals surface area contributed by atoms with Gasteiger partial charge in [-0.2, -0.15) is 0 Å². The fourth-order valence-corrected chi connectivity index (χ4v) is 3.02. The minimum Gasteiger partial charge on any atom is -0.345 e. The van der Waals surface area contributed by atoms with Gasteiger partial charge in [-0.3, -0.25) is 9.59 Å². The zero-order valence-electron chi connectivity index (χ0n) is 15.2. The third-order valence-corrected chi connectivity index (χ3v) is 4.55. The molecule has 3 rings (SSSR count). The third kappa shape index (κ3) is 5.39. The SMILES string of the molecule is O=C(C[C@@H](NC(=O)c1ccccc1Cl)c1ccccc1)Nc1ccc(F)cc1F. The molecule has 0 fully saturated rings. The van der Waals surface area contributed by atoms with Crippen molar-refractivity contribution in [1.29, 1.82) is 0 Å². The molecule has 0 unspecified atom stereocenters. The Bertz CT molecular complexity index is 1030. The van der Waals surface area contributed by atoms with Gasteiger partial charge in [0.25, 0.3) is 5.91 Å². The molecule has 0 aliphatic carbocycles. The number of rotatable bonds is 6. The van der Waals surface area contributed by atoms with Crippen molar-refractivity contribution in [2.75, 3.05) is 5.32 Å². The molecule has 148 valence electrons. The quantitative estimate of drug-likeness (QED) is 0.588. The summed E-state index contributed by atoms with van der Waals surface area (Å²) >= 11 is 6.08. The number of carbonyl (C=O) groups is 2. The van der Waals surface area contributed by atoms with Crippen molar-refractivity contribution in [2.24, 2.45) is 0 Å². The van der Waals surface area contributed by atoms with Crippen molar-refractivity contribution < 1.29 is 18.4 Å². The predicted molar refractivity (Wildman–Crippen MR) is 108 cm³/mol. The van der Waals surface area contributed by atoms with Crippen LogP contribution in [0.2, 0.25) is 5.02 Å². The van der Waals surface area contributed by atoms with Crippen molar-refractivity contribution in [3.8, 4) is 0 Å². The second-order valence-electron chi connectivity index (χ2n) is 6.29. The third-order valence-electron chi connectivity index (χ3n) is 4.22. The fourth-order valence-electron chi connectivity index (χ4n) is 2.80. The van der Waals surface area contributed by atoms with E-state index in [1.54, 1.807) is 48.5 Å². The van der Waals surface area contributed by atoms with Crippen molar-refractivity contribution in [3.63, 3.8) is 0 Å². The first-order chi connectivity index (χ1) is 13.9. The smallest absolute Gasteiger partial charge is 0.253 e. The summed E-state index contributed by atoms with van der Waals surface area (Å²) in [7, 11) is 0. The van der Waals surface area contributed by atoms with E-state index in [-0.39, 0.29) is 22.7 Å². The van der Waals surface area contributed by atoms with Gasteiger partial charge in [-0.15, -0.1) is 0 Å². The van der Waals surface area contributed by atoms with E-state index in [1.807, 2.05) is 6.07 Å². The maximum absolute atomic E-state index is 13.8. The van der Waals surface area contributed by atoms with Gasteiger partial charge < -0.3 is 10.6 Å². The van der Waals surface area contributed by atoms with Crippen LogP contribution in [0.15, 0.2) is 72.8 Å². The first-order valence-corrected chi connectivity index (χ1v) is 9.17. The Labute approximate surface area is 171 Å². The molecule has 4 nitrogen and oxygen atoms in total. The number of nitrogens with one attached hydrogen (secondary N) is 2. The number of hydrogen-bond acceptors (Lipinski definition) is 2. The number of hydrogen-bond donors (Lipinski definition) is 2. The highest BCUT2D eigenvalue weighted by molar-refractivity contribution is 6.33. The second-order valence-corrected chi connectivity index (χ2v) is 6.70. The Morgan fingerprint density at radius 1 is 0.931 bits per heavy atom. The van der Waals surface area contributed by atoms with Gasteiger partial charge in [0, 0.05) is 6.07 Å². The van der Waals surface area contributed by atoms with E-state index in [2.05, 4.69) is 10.6 Å². The van der Waals surface area contributed by atoms with E-state index in [0.29, 0.717) is 11.6 Å². The first kappa shape index (κ1) is 20.5. The number of benzene rings is 3. The van der Waals surface area contributed by atoms with Crippen molar-refractivity contribution in [1.82, 2.24) is 5.32 Å². The largest absolute Gasteiger partial charge is 0.345 e. The molecule has 0 radical (unpaired) electrons. The Balaban J connectivity index is 1.78. The van der Waals surface area contributed by atoms with Crippen LogP contribution in [0, 0.1) is 11.6 Å². The molecule has 3 aromatic rings. The van der Waals surface area contributed by atoms with E-state index in [1.165, 1.54) is 0 Å². The monoisotopic (exact) mass is 414 g/mol. The van der Waals surface area contributed by atoms with Crippen LogP contribution >= 0.6 is 11.6 Å². The molecule has 0 saturated heterocycles. The Morgan fingerprint density at radius 3 is 2.31 bits per heavy atom. The minimum atomic E-state index is -0.880. The molecular formula is C22H17ClF2N2O2. The van der Waals surface area contributed by atoms with Crippen LogP contribution in [-0.2, 0) is 4.79 Å². The normalized spacial score (nSPS) is 11.6. The summed E-state index contributed by atoms with van der Waals surface area (Å²) in [5, 5.41) is 5.48. The van der Waals surface area contributed by atoms with Crippen LogP contribution < -0.4 is 10.6 Å². The lowest BCUT2D eigenvalue weighted by Crippen LogP contribution is -2.31. The average Bonchev–Trinajstić information content (AvgIpc) is 2.70. The Morgan fingerprint density at radius 2 is 1.62 bits per heavy atom. The first-order valence-electron chi connectivity index (χ1n) is 8.79. The topological polar surface area (TPSA) is 58.2 Å². The summed E-state index contributed by atoms with van der Waals surface area (Å²) in [5.41, 5.74) is 0.836. The summed E-state index contributed by atoms with van der Waals surface area (Å²) in [6.45, 7) is 0. The van der Waals surface area contributed by atoms with Crippen LogP contribution in [0.1, 0.15) is 28.4 Å². The average molecular weight is 415 g/mol. The van der Waals surface area contributed by atoms with E-state index in [4.69, 9.17) is 11.6 Å². The number of carbonyl (C=O) groups excluding carboxylic acids is 2. The standard InChI is InChI=1S/C22H17ClF2N2O2/c23-17-9-5-4-8-16(17)22(29)27-20(14-6-2-1-3-7-14)13-21(28)26-19-11-10-15(24)12-18(19)25/h1-12,20H,13H2,(H,26,28)(H,27,29)/t20-/m1/s1. The molecule has 1 atom stereocenters. The van der Waals surface area contributed by atoms with Crippen LogP contribution in [0.3, 0.4) is 0 Å². The summed E-state index contributed by atoms with van der Waals surface area (Å²) < 4.78 is 26.9. The summed E-state index contributed by atoms with van der Waals surface area (Å²) in [6.07, 6.45) is -0.156. The van der Waals surface area contributed by atoms with Gasteiger partial charge in [0.1, 0.15) is 11.6 Å². The molecule has 0 heterocycles. The second kappa shape index (κ2) is 9.30. The zero-order valence-corrected chi connectivity index (χ0v) is 15.9. The molecule has 2 N–H and O–H groups in total. The van der Waals surface area contributed by atoms with E-state index < -0.39 is 29.5 Å². The van der Waals surface area contributed by atoms with Gasteiger partial charge in [0.15, 0.2) is 0 Å². The minimum absolute atomic E-state index is 0.138. The van der Waals surface area contributed by atoms with Crippen LogP contribution in [0.25, 0.3) is 0 Å². The van der Waals surface area contributed by atoms with Gasteiger partial charge in [0.05, 0.1) is 28.7 Å². The van der Waals surface area contributed by atoms with Gasteiger partial charge in [-0.1, -0.05) is 54.1 Å². The molecule has 0 aromatic heterocycles. The highest BCUT2D eigenvalue weighted by Crippen LogP contribution is 2.22. The van der Waals surface area contributed by atoms with Gasteiger partial charge in [-0.25, -0.2) is 8.78 Å². The number of halogens is 3. The molecule has 7 heteroatoms. The van der Waals surface area contributed by atoms with Crippen LogP contribution in [0.4, 0.5) is 14.5 Å². The Kier molecular flexibility index (Phi) is 6.57. The lowest BCUT2D eigenvalue weighted by atomic mass is 10.0. The van der Waals surface area contributed by atoms with Crippen molar-refractivity contribution in [2.45, 2.75) is 12.5 Å². The molecular weight excluding hydrogens is 398 g/mol. The zero-order chi connectivity index (χ0) is 20.8. The maximum Gasteiger partial charge on any atom is 0.253 e. The number of amides is 2. The van der Waals surface area contributed by atoms with Crippen molar-refractivity contribution in [3.05, 3.63) is 101 Å². The van der Waals surface area contributed by atoms with E-state index in [9.17, 15) is 18.4 Å². The molecule has 3 aromatic carbocycles. The van der Waals surface area contributed by atoms with E-state index >= 15 is 0 Å². The van der Waals surface area contributed by atoms with Crippen molar-refractivity contribution >= 4 is 29.1 Å². The molecule has 0 saturated carbocycles. The lowest BCUT2D eigenvalue weighted by Gasteiger charge is -2.19. The molecule has 0 aliphatic rings. The van der Waals surface area contributed by atoms with Gasteiger partial charge in [-0.05, 0) is 29.8 Å². The molecule has 0 aliphatic heterocycles. The highest BCUT2D eigenvalue weighted by Gasteiger charge is 2.21.